The van der Waals surface area contributed by atoms with E-state index in [4.69, 9.17) is 4.74 Å². The van der Waals surface area contributed by atoms with Gasteiger partial charge in [0.05, 0.1) is 6.10 Å². The van der Waals surface area contributed by atoms with Crippen LogP contribution < -0.4 is 5.32 Å². The molecule has 2 aliphatic heterocycles. The van der Waals surface area contributed by atoms with Crippen molar-refractivity contribution in [3.63, 3.8) is 0 Å². The van der Waals surface area contributed by atoms with Crippen LogP contribution in [0.3, 0.4) is 0 Å². The van der Waals surface area contributed by atoms with Crippen molar-refractivity contribution in [2.24, 2.45) is 5.92 Å². The van der Waals surface area contributed by atoms with Gasteiger partial charge in [0.25, 0.3) is 0 Å². The van der Waals surface area contributed by atoms with E-state index in [1.54, 1.807) is 0 Å². The van der Waals surface area contributed by atoms with E-state index in [-0.39, 0.29) is 0 Å². The maximum atomic E-state index is 5.68. The van der Waals surface area contributed by atoms with Crippen LogP contribution in [-0.4, -0.2) is 25.8 Å². The molecule has 0 spiro atoms. The van der Waals surface area contributed by atoms with E-state index >= 15 is 0 Å². The van der Waals surface area contributed by atoms with Crippen LogP contribution in [0.25, 0.3) is 0 Å². The molecule has 0 radical (unpaired) electrons. The molecule has 2 fully saturated rings. The first kappa shape index (κ1) is 8.52. The second-order valence-electron chi connectivity index (χ2n) is 4.09. The highest BCUT2D eigenvalue weighted by Crippen LogP contribution is 2.20. The largest absolute Gasteiger partial charge is 0.378 e. The molecule has 1 atom stereocenters. The minimum atomic E-state index is 0.597. The fraction of sp³-hybridized carbons (Fsp3) is 1.00. The maximum Gasteiger partial charge on any atom is 0.0575 e. The Kier molecular flexibility index (Phi) is 3.01. The minimum absolute atomic E-state index is 0.597. The third-order valence-electron chi connectivity index (χ3n) is 3.04. The summed E-state index contributed by atoms with van der Waals surface area (Å²) >= 11 is 0. The first-order valence-electron chi connectivity index (χ1n) is 5.27. The average molecular weight is 169 g/mol. The number of ether oxygens (including phenoxy) is 1. The molecule has 2 rings (SSSR count). The lowest BCUT2D eigenvalue weighted by Crippen LogP contribution is -2.42. The molecule has 1 N–H and O–H groups in total. The van der Waals surface area contributed by atoms with Crippen molar-refractivity contribution in [2.45, 2.75) is 38.2 Å². The van der Waals surface area contributed by atoms with E-state index in [1.807, 2.05) is 0 Å². The van der Waals surface area contributed by atoms with Gasteiger partial charge in [-0.3, -0.25) is 0 Å². The Hall–Kier alpha value is -0.0800. The number of hydrogen-bond donors (Lipinski definition) is 1. The van der Waals surface area contributed by atoms with Gasteiger partial charge in [-0.2, -0.15) is 0 Å². The van der Waals surface area contributed by atoms with E-state index in [2.05, 4.69) is 5.32 Å². The highest BCUT2D eigenvalue weighted by atomic mass is 16.5. The molecule has 0 aromatic rings. The molecule has 2 aliphatic rings. The average Bonchev–Trinajstić information content (AvgIpc) is 2.04. The van der Waals surface area contributed by atoms with Crippen LogP contribution >= 0.6 is 0 Å². The first-order chi connectivity index (χ1) is 5.95. The molecule has 0 saturated carbocycles. The van der Waals surface area contributed by atoms with Crippen molar-refractivity contribution in [2.75, 3.05) is 19.7 Å². The quantitative estimate of drug-likeness (QED) is 0.692. The lowest BCUT2D eigenvalue weighted by molar-refractivity contribution is 0.00630. The van der Waals surface area contributed by atoms with Crippen molar-refractivity contribution >= 4 is 0 Å². The van der Waals surface area contributed by atoms with Crippen molar-refractivity contribution in [1.82, 2.24) is 5.32 Å². The van der Waals surface area contributed by atoms with Crippen molar-refractivity contribution < 1.29 is 4.74 Å². The lowest BCUT2D eigenvalue weighted by Gasteiger charge is -2.29. The van der Waals surface area contributed by atoms with Gasteiger partial charge < -0.3 is 10.1 Å². The third kappa shape index (κ3) is 2.20. The Morgan fingerprint density at radius 2 is 2.08 bits per heavy atom. The summed E-state index contributed by atoms with van der Waals surface area (Å²) in [7, 11) is 0. The van der Waals surface area contributed by atoms with E-state index in [0.717, 1.165) is 12.5 Å². The van der Waals surface area contributed by atoms with Crippen LogP contribution in [0, 0.1) is 5.92 Å². The maximum absolute atomic E-state index is 5.68. The molecule has 12 heavy (non-hydrogen) atoms. The summed E-state index contributed by atoms with van der Waals surface area (Å²) in [5, 5.41) is 3.31. The Balaban J connectivity index is 1.58. The second-order valence-corrected chi connectivity index (χ2v) is 4.09. The Bertz CT molecular complexity index is 128. The zero-order valence-corrected chi connectivity index (χ0v) is 7.72. The predicted octanol–water partition coefficient (Wildman–Crippen LogP) is 1.56. The standard InChI is InChI=1S/C10H19NO/c1-2-6-12-10(3-1)5-4-9-7-11-8-9/h9-11H,1-8H2. The number of rotatable bonds is 3. The van der Waals surface area contributed by atoms with Gasteiger partial charge in [-0.1, -0.05) is 0 Å². The SMILES string of the molecule is C1CCC(CCC2CNC2)OC1. The zero-order chi connectivity index (χ0) is 8.23. The molecular weight excluding hydrogens is 150 g/mol. The van der Waals surface area contributed by atoms with Crippen LogP contribution in [0.4, 0.5) is 0 Å². The molecule has 2 saturated heterocycles. The fourth-order valence-electron chi connectivity index (χ4n) is 2.01. The Labute approximate surface area is 74.7 Å². The van der Waals surface area contributed by atoms with Crippen molar-refractivity contribution in [1.29, 1.82) is 0 Å². The summed E-state index contributed by atoms with van der Waals surface area (Å²) in [4.78, 5) is 0. The van der Waals surface area contributed by atoms with Crippen LogP contribution in [-0.2, 0) is 4.74 Å². The molecule has 0 aliphatic carbocycles. The molecule has 2 nitrogen and oxygen atoms in total. The second kappa shape index (κ2) is 4.24. The van der Waals surface area contributed by atoms with Gasteiger partial charge >= 0.3 is 0 Å². The first-order valence-corrected chi connectivity index (χ1v) is 5.27. The highest BCUT2D eigenvalue weighted by molar-refractivity contribution is 4.76. The molecule has 0 aromatic heterocycles. The normalized spacial score (nSPS) is 31.5. The van der Waals surface area contributed by atoms with Gasteiger partial charge in [0.1, 0.15) is 0 Å². The van der Waals surface area contributed by atoms with Crippen molar-refractivity contribution in [3.05, 3.63) is 0 Å². The number of hydrogen-bond acceptors (Lipinski definition) is 2. The molecule has 1 unspecified atom stereocenters. The third-order valence-corrected chi connectivity index (χ3v) is 3.04. The Morgan fingerprint density at radius 1 is 1.17 bits per heavy atom. The molecule has 0 bridgehead atoms. The fourth-order valence-corrected chi connectivity index (χ4v) is 2.01. The molecular formula is C10H19NO. The highest BCUT2D eigenvalue weighted by Gasteiger charge is 2.20. The van der Waals surface area contributed by atoms with Gasteiger partial charge in [-0.05, 0) is 51.1 Å². The molecule has 2 heterocycles. The summed E-state index contributed by atoms with van der Waals surface area (Å²) in [6.45, 7) is 3.49. The monoisotopic (exact) mass is 169 g/mol. The topological polar surface area (TPSA) is 21.3 Å². The van der Waals surface area contributed by atoms with Crippen molar-refractivity contribution in [3.8, 4) is 0 Å². The molecule has 0 amide bonds. The van der Waals surface area contributed by atoms with Gasteiger partial charge in [-0.25, -0.2) is 0 Å². The van der Waals surface area contributed by atoms with E-state index < -0.39 is 0 Å². The summed E-state index contributed by atoms with van der Waals surface area (Å²) in [5.74, 6) is 0.954. The van der Waals surface area contributed by atoms with Crippen LogP contribution in [0.5, 0.6) is 0 Å². The smallest absolute Gasteiger partial charge is 0.0575 e. The van der Waals surface area contributed by atoms with Gasteiger partial charge in [0.15, 0.2) is 0 Å². The zero-order valence-electron chi connectivity index (χ0n) is 7.72. The number of nitrogens with one attached hydrogen (secondary N) is 1. The Morgan fingerprint density at radius 3 is 2.67 bits per heavy atom. The predicted molar refractivity (Wildman–Crippen MR) is 49.2 cm³/mol. The van der Waals surface area contributed by atoms with E-state index in [9.17, 15) is 0 Å². The van der Waals surface area contributed by atoms with Crippen LogP contribution in [0.1, 0.15) is 32.1 Å². The molecule has 70 valence electrons. The van der Waals surface area contributed by atoms with E-state index in [1.165, 1.54) is 45.2 Å². The molecule has 0 aromatic carbocycles. The molecule has 2 heteroatoms. The summed E-state index contributed by atoms with van der Waals surface area (Å²) in [6, 6.07) is 0. The van der Waals surface area contributed by atoms with Gasteiger partial charge in [-0.15, -0.1) is 0 Å². The van der Waals surface area contributed by atoms with Gasteiger partial charge in [0.2, 0.25) is 0 Å². The minimum Gasteiger partial charge on any atom is -0.378 e. The summed E-state index contributed by atoms with van der Waals surface area (Å²) in [5.41, 5.74) is 0. The lowest BCUT2D eigenvalue weighted by atomic mass is 9.94. The van der Waals surface area contributed by atoms with Gasteiger partial charge in [0, 0.05) is 6.61 Å². The summed E-state index contributed by atoms with van der Waals surface area (Å²) in [6.07, 6.45) is 7.23. The van der Waals surface area contributed by atoms with E-state index in [0.29, 0.717) is 6.10 Å². The van der Waals surface area contributed by atoms with Crippen LogP contribution in [0.15, 0.2) is 0 Å². The summed E-state index contributed by atoms with van der Waals surface area (Å²) < 4.78 is 5.68. The van der Waals surface area contributed by atoms with Crippen LogP contribution in [0.2, 0.25) is 0 Å².